The first-order valence-corrected chi connectivity index (χ1v) is 7.64. The Hall–Kier alpha value is -2.11. The van der Waals surface area contributed by atoms with Gasteiger partial charge in [0.05, 0.1) is 18.4 Å². The maximum absolute atomic E-state index is 12.8. The highest BCUT2D eigenvalue weighted by atomic mass is 16.6. The minimum absolute atomic E-state index is 0.0606. The number of ether oxygens (including phenoxy) is 1. The SMILES string of the molecule is C=CCO/N=C(/CCC)C1=C(O)CC(C)(C)C(C(=O)OC)C1=O. The lowest BCUT2D eigenvalue weighted by Crippen LogP contribution is -2.44. The molecule has 0 amide bonds. The van der Waals surface area contributed by atoms with Crippen LogP contribution in [-0.4, -0.2) is 36.3 Å². The Bertz CT molecular complexity index is 545. The maximum Gasteiger partial charge on any atom is 0.317 e. The second-order valence-electron chi connectivity index (χ2n) is 6.18. The molecule has 0 fully saturated rings. The third-order valence-electron chi connectivity index (χ3n) is 3.78. The molecular formula is C17H25NO5. The molecule has 1 N–H and O–H groups in total. The van der Waals surface area contributed by atoms with Gasteiger partial charge in [0.15, 0.2) is 5.78 Å². The van der Waals surface area contributed by atoms with Gasteiger partial charge >= 0.3 is 5.97 Å². The van der Waals surface area contributed by atoms with Crippen LogP contribution >= 0.6 is 0 Å². The molecule has 0 aromatic heterocycles. The molecular weight excluding hydrogens is 298 g/mol. The first-order chi connectivity index (χ1) is 10.8. The van der Waals surface area contributed by atoms with Crippen molar-refractivity contribution in [3.8, 4) is 0 Å². The predicted octanol–water partition coefficient (Wildman–Crippen LogP) is 2.95. The molecule has 1 aliphatic carbocycles. The third-order valence-corrected chi connectivity index (χ3v) is 3.78. The number of carbonyl (C=O) groups is 2. The van der Waals surface area contributed by atoms with E-state index in [9.17, 15) is 14.7 Å². The van der Waals surface area contributed by atoms with E-state index < -0.39 is 23.1 Å². The molecule has 0 heterocycles. The summed E-state index contributed by atoms with van der Waals surface area (Å²) < 4.78 is 4.77. The number of Topliss-reactive ketones (excluding diaryl/α,β-unsaturated/α-hetero) is 1. The van der Waals surface area contributed by atoms with Gasteiger partial charge in [0.2, 0.25) is 0 Å². The summed E-state index contributed by atoms with van der Waals surface area (Å²) in [6.07, 6.45) is 2.89. The summed E-state index contributed by atoms with van der Waals surface area (Å²) in [5, 5.41) is 14.3. The number of allylic oxidation sites excluding steroid dienone is 2. The van der Waals surface area contributed by atoms with Crippen LogP contribution in [-0.2, 0) is 19.2 Å². The molecule has 0 saturated heterocycles. The standard InChI is InChI=1S/C17H25NO5/c1-6-8-11(18-23-9-7-2)13-12(19)10-17(3,4)14(15(13)20)16(21)22-5/h7,14,19H,2,6,8-10H2,1,3-5H3/b18-11-. The topological polar surface area (TPSA) is 85.2 Å². The molecule has 0 aromatic carbocycles. The molecule has 0 aliphatic heterocycles. The van der Waals surface area contributed by atoms with E-state index in [2.05, 4.69) is 11.7 Å². The monoisotopic (exact) mass is 323 g/mol. The largest absolute Gasteiger partial charge is 0.511 e. The van der Waals surface area contributed by atoms with Gasteiger partial charge in [-0.1, -0.05) is 45.0 Å². The summed E-state index contributed by atoms with van der Waals surface area (Å²) >= 11 is 0. The zero-order chi connectivity index (χ0) is 17.6. The van der Waals surface area contributed by atoms with E-state index in [1.54, 1.807) is 13.8 Å². The van der Waals surface area contributed by atoms with Gasteiger partial charge in [0, 0.05) is 6.42 Å². The zero-order valence-electron chi connectivity index (χ0n) is 14.2. The minimum atomic E-state index is -0.972. The molecule has 0 radical (unpaired) electrons. The van der Waals surface area contributed by atoms with E-state index in [0.29, 0.717) is 18.6 Å². The van der Waals surface area contributed by atoms with Crippen molar-refractivity contribution in [3.63, 3.8) is 0 Å². The average Bonchev–Trinajstić information content (AvgIpc) is 2.45. The van der Waals surface area contributed by atoms with Gasteiger partial charge in [-0.2, -0.15) is 0 Å². The lowest BCUT2D eigenvalue weighted by atomic mass is 9.67. The van der Waals surface area contributed by atoms with Crippen LogP contribution in [0.4, 0.5) is 0 Å². The predicted molar refractivity (Wildman–Crippen MR) is 87.1 cm³/mol. The summed E-state index contributed by atoms with van der Waals surface area (Å²) in [5.41, 5.74) is -0.302. The van der Waals surface area contributed by atoms with Gasteiger partial charge in [0.25, 0.3) is 0 Å². The second-order valence-corrected chi connectivity index (χ2v) is 6.18. The van der Waals surface area contributed by atoms with Crippen molar-refractivity contribution < 1.29 is 24.3 Å². The normalized spacial score (nSPS) is 21.1. The molecule has 0 bridgehead atoms. The highest BCUT2D eigenvalue weighted by molar-refractivity contribution is 6.27. The summed E-state index contributed by atoms with van der Waals surface area (Å²) in [7, 11) is 1.25. The van der Waals surface area contributed by atoms with Gasteiger partial charge in [-0.15, -0.1) is 0 Å². The molecule has 0 spiro atoms. The molecule has 1 unspecified atom stereocenters. The molecule has 6 heteroatoms. The number of hydrogen-bond donors (Lipinski definition) is 1. The van der Waals surface area contributed by atoms with Crippen LogP contribution in [0.15, 0.2) is 29.1 Å². The number of methoxy groups -OCH3 is 1. The summed E-state index contributed by atoms with van der Waals surface area (Å²) in [6.45, 7) is 9.16. The van der Waals surface area contributed by atoms with Gasteiger partial charge in [-0.3, -0.25) is 9.59 Å². The molecule has 1 aliphatic rings. The van der Waals surface area contributed by atoms with E-state index in [0.717, 1.165) is 0 Å². The van der Waals surface area contributed by atoms with Crippen LogP contribution < -0.4 is 0 Å². The van der Waals surface area contributed by atoms with E-state index in [-0.39, 0.29) is 24.4 Å². The first kappa shape index (κ1) is 18.9. The Morgan fingerprint density at radius 3 is 2.70 bits per heavy atom. The van der Waals surface area contributed by atoms with Crippen LogP contribution in [0.5, 0.6) is 0 Å². The minimum Gasteiger partial charge on any atom is -0.511 e. The lowest BCUT2D eigenvalue weighted by Gasteiger charge is -2.36. The number of nitrogens with zero attached hydrogens (tertiary/aromatic N) is 1. The number of aliphatic hydroxyl groups is 1. The van der Waals surface area contributed by atoms with E-state index in [1.165, 1.54) is 13.2 Å². The van der Waals surface area contributed by atoms with Crippen LogP contribution in [0.2, 0.25) is 0 Å². The van der Waals surface area contributed by atoms with Crippen molar-refractivity contribution in [3.05, 3.63) is 24.0 Å². The number of carbonyl (C=O) groups excluding carboxylic acids is 2. The van der Waals surface area contributed by atoms with E-state index in [1.807, 2.05) is 6.92 Å². The Balaban J connectivity index is 3.30. The Morgan fingerprint density at radius 1 is 1.52 bits per heavy atom. The van der Waals surface area contributed by atoms with E-state index >= 15 is 0 Å². The number of aliphatic hydroxyl groups excluding tert-OH is 1. The van der Waals surface area contributed by atoms with Gasteiger partial charge in [-0.25, -0.2) is 0 Å². The Labute approximate surface area is 136 Å². The Morgan fingerprint density at radius 2 is 2.17 bits per heavy atom. The van der Waals surface area contributed by atoms with Crippen molar-refractivity contribution in [1.29, 1.82) is 0 Å². The number of rotatable bonds is 7. The smallest absolute Gasteiger partial charge is 0.317 e. The first-order valence-electron chi connectivity index (χ1n) is 7.64. The molecule has 1 atom stereocenters. The highest BCUT2D eigenvalue weighted by Crippen LogP contribution is 2.42. The molecule has 0 saturated carbocycles. The molecule has 1 rings (SSSR count). The van der Waals surface area contributed by atoms with E-state index in [4.69, 9.17) is 9.57 Å². The van der Waals surface area contributed by atoms with Crippen LogP contribution in [0.1, 0.15) is 40.0 Å². The van der Waals surface area contributed by atoms with Crippen LogP contribution in [0.25, 0.3) is 0 Å². The third kappa shape index (κ3) is 4.21. The Kier molecular flexibility index (Phi) is 6.54. The van der Waals surface area contributed by atoms with Gasteiger partial charge in [0.1, 0.15) is 18.3 Å². The van der Waals surface area contributed by atoms with Crippen molar-refractivity contribution in [2.75, 3.05) is 13.7 Å². The molecule has 0 aromatic rings. The van der Waals surface area contributed by atoms with Gasteiger partial charge < -0.3 is 14.7 Å². The number of oxime groups is 1. The highest BCUT2D eigenvalue weighted by Gasteiger charge is 2.48. The lowest BCUT2D eigenvalue weighted by molar-refractivity contribution is -0.154. The fourth-order valence-corrected chi connectivity index (χ4v) is 2.74. The second kappa shape index (κ2) is 7.94. The van der Waals surface area contributed by atoms with Crippen LogP contribution in [0.3, 0.4) is 0 Å². The zero-order valence-corrected chi connectivity index (χ0v) is 14.2. The van der Waals surface area contributed by atoms with Crippen LogP contribution in [0, 0.1) is 11.3 Å². The fraction of sp³-hybridized carbons (Fsp3) is 0.588. The number of ketones is 1. The molecule has 6 nitrogen and oxygen atoms in total. The molecule has 128 valence electrons. The van der Waals surface area contributed by atoms with Gasteiger partial charge in [-0.05, 0) is 11.8 Å². The fourth-order valence-electron chi connectivity index (χ4n) is 2.74. The van der Waals surface area contributed by atoms with Crippen molar-refractivity contribution in [2.45, 2.75) is 40.0 Å². The number of hydrogen-bond acceptors (Lipinski definition) is 6. The van der Waals surface area contributed by atoms with Crippen molar-refractivity contribution in [2.24, 2.45) is 16.5 Å². The number of esters is 1. The van der Waals surface area contributed by atoms with Crippen molar-refractivity contribution in [1.82, 2.24) is 0 Å². The summed E-state index contributed by atoms with van der Waals surface area (Å²) in [5.74, 6) is -2.11. The average molecular weight is 323 g/mol. The molecule has 23 heavy (non-hydrogen) atoms. The summed E-state index contributed by atoms with van der Waals surface area (Å²) in [4.78, 5) is 30.0. The maximum atomic E-state index is 12.8. The summed E-state index contributed by atoms with van der Waals surface area (Å²) in [6, 6.07) is 0. The van der Waals surface area contributed by atoms with Crippen molar-refractivity contribution >= 4 is 17.5 Å². The quantitative estimate of drug-likeness (QED) is 0.194.